The van der Waals surface area contributed by atoms with Crippen LogP contribution >= 0.6 is 11.8 Å². The highest BCUT2D eigenvalue weighted by atomic mass is 32.2. The van der Waals surface area contributed by atoms with Crippen LogP contribution in [0.1, 0.15) is 37.0 Å². The number of fused-ring (bicyclic) bond motifs is 1. The molecule has 1 fully saturated rings. The van der Waals surface area contributed by atoms with E-state index in [0.29, 0.717) is 0 Å². The minimum atomic E-state index is -0.527. The fourth-order valence-corrected chi connectivity index (χ4v) is 7.14. The summed E-state index contributed by atoms with van der Waals surface area (Å²) in [6.45, 7) is 4.50. The summed E-state index contributed by atoms with van der Waals surface area (Å²) < 4.78 is 6.91. The Morgan fingerprint density at radius 3 is 1.74 bits per heavy atom. The molecule has 172 valence electrons. The lowest BCUT2D eigenvalue weighted by atomic mass is 9.70. The maximum absolute atomic E-state index is 7.10. The van der Waals surface area contributed by atoms with Gasteiger partial charge in [-0.2, -0.15) is 0 Å². The van der Waals surface area contributed by atoms with Gasteiger partial charge in [-0.15, -0.1) is 0 Å². The molecule has 1 nitrogen and oxygen atoms in total. The van der Waals surface area contributed by atoms with Crippen molar-refractivity contribution in [1.29, 1.82) is 0 Å². The molecule has 35 heavy (non-hydrogen) atoms. The van der Waals surface area contributed by atoms with Crippen molar-refractivity contribution in [3.8, 4) is 5.75 Å². The SMILES string of the molecule is CC(C)=C1CC2(c3ccccc3)SC2(Oc2ccccc2)C(c2ccccc2)=C1c1ccccc1. The second kappa shape index (κ2) is 8.62. The number of hydrogen-bond donors (Lipinski definition) is 0. The molecule has 0 amide bonds. The predicted octanol–water partition coefficient (Wildman–Crippen LogP) is 8.76. The van der Waals surface area contributed by atoms with Crippen molar-refractivity contribution in [1.82, 2.24) is 0 Å². The molecular weight excluding hydrogens is 444 g/mol. The Balaban J connectivity index is 1.70. The monoisotopic (exact) mass is 472 g/mol. The molecule has 1 aliphatic heterocycles. The van der Waals surface area contributed by atoms with Gasteiger partial charge in [0.1, 0.15) is 10.5 Å². The van der Waals surface area contributed by atoms with Crippen LogP contribution in [0.2, 0.25) is 0 Å². The van der Waals surface area contributed by atoms with Gasteiger partial charge in [0.15, 0.2) is 0 Å². The third kappa shape index (κ3) is 3.56. The zero-order valence-electron chi connectivity index (χ0n) is 20.1. The summed E-state index contributed by atoms with van der Waals surface area (Å²) in [5.74, 6) is 0.902. The zero-order chi connectivity index (χ0) is 23.9. The molecule has 0 saturated carbocycles. The topological polar surface area (TPSA) is 9.23 Å². The van der Waals surface area contributed by atoms with Gasteiger partial charge in [-0.25, -0.2) is 0 Å². The van der Waals surface area contributed by atoms with E-state index in [-0.39, 0.29) is 4.75 Å². The maximum Gasteiger partial charge on any atom is 0.201 e. The summed E-state index contributed by atoms with van der Waals surface area (Å²) in [7, 11) is 0. The van der Waals surface area contributed by atoms with Gasteiger partial charge in [-0.3, -0.25) is 0 Å². The quantitative estimate of drug-likeness (QED) is 0.269. The van der Waals surface area contributed by atoms with E-state index in [1.807, 2.05) is 17.8 Å². The molecule has 0 radical (unpaired) electrons. The fourth-order valence-electron chi connectivity index (χ4n) is 5.43. The first-order valence-electron chi connectivity index (χ1n) is 12.2. The minimum absolute atomic E-state index is 0.194. The highest BCUT2D eigenvalue weighted by molar-refractivity contribution is 8.09. The molecule has 2 aliphatic rings. The highest BCUT2D eigenvalue weighted by Crippen LogP contribution is 2.80. The summed E-state index contributed by atoms with van der Waals surface area (Å²) in [6, 6.07) is 42.9. The average Bonchev–Trinajstić information content (AvgIpc) is 3.58. The number of para-hydroxylation sites is 1. The lowest BCUT2D eigenvalue weighted by Gasteiger charge is -2.36. The minimum Gasteiger partial charge on any atom is -0.470 e. The van der Waals surface area contributed by atoms with Crippen LogP contribution in [0.15, 0.2) is 132 Å². The first-order valence-corrected chi connectivity index (χ1v) is 13.0. The van der Waals surface area contributed by atoms with Crippen molar-refractivity contribution in [2.75, 3.05) is 0 Å². The van der Waals surface area contributed by atoms with Crippen LogP contribution in [0.4, 0.5) is 0 Å². The number of thioether (sulfide) groups is 1. The number of ether oxygens (including phenoxy) is 1. The van der Waals surface area contributed by atoms with E-state index in [1.165, 1.54) is 39.0 Å². The van der Waals surface area contributed by atoms with Crippen LogP contribution in [0.5, 0.6) is 5.75 Å². The Morgan fingerprint density at radius 1 is 0.657 bits per heavy atom. The maximum atomic E-state index is 7.10. The van der Waals surface area contributed by atoms with Gasteiger partial charge in [0.25, 0.3) is 0 Å². The molecule has 0 bridgehead atoms. The second-order valence-corrected chi connectivity index (χ2v) is 10.9. The van der Waals surface area contributed by atoms with E-state index in [9.17, 15) is 0 Å². The van der Waals surface area contributed by atoms with E-state index in [1.54, 1.807) is 0 Å². The van der Waals surface area contributed by atoms with Gasteiger partial charge < -0.3 is 4.74 Å². The summed E-state index contributed by atoms with van der Waals surface area (Å²) in [6.07, 6.45) is 0.928. The van der Waals surface area contributed by atoms with Gasteiger partial charge in [-0.1, -0.05) is 127 Å². The van der Waals surface area contributed by atoms with Crippen LogP contribution in [0, 0.1) is 0 Å². The Labute approximate surface area is 212 Å². The molecule has 4 aromatic rings. The summed E-state index contributed by atoms with van der Waals surface area (Å²) in [4.78, 5) is -0.527. The zero-order valence-corrected chi connectivity index (χ0v) is 20.9. The van der Waals surface area contributed by atoms with Crippen molar-refractivity contribution < 1.29 is 4.74 Å². The van der Waals surface area contributed by atoms with E-state index in [4.69, 9.17) is 4.74 Å². The third-order valence-electron chi connectivity index (χ3n) is 7.09. The largest absolute Gasteiger partial charge is 0.470 e. The number of allylic oxidation sites excluding steroid dienone is 3. The molecule has 1 saturated heterocycles. The van der Waals surface area contributed by atoms with Gasteiger partial charge >= 0.3 is 0 Å². The van der Waals surface area contributed by atoms with Crippen LogP contribution in [0.25, 0.3) is 11.1 Å². The van der Waals surface area contributed by atoms with Crippen molar-refractivity contribution in [2.24, 2.45) is 0 Å². The molecule has 1 heterocycles. The smallest absolute Gasteiger partial charge is 0.201 e. The summed E-state index contributed by atoms with van der Waals surface area (Å²) in [5, 5.41) is 0. The number of hydrogen-bond acceptors (Lipinski definition) is 2. The van der Waals surface area contributed by atoms with E-state index in [2.05, 4.69) is 129 Å². The third-order valence-corrected chi connectivity index (χ3v) is 8.82. The molecule has 2 atom stereocenters. The summed E-state index contributed by atoms with van der Waals surface area (Å²) >= 11 is 1.95. The molecule has 4 aromatic carbocycles. The predicted molar refractivity (Wildman–Crippen MR) is 148 cm³/mol. The Bertz CT molecular complexity index is 1400. The van der Waals surface area contributed by atoms with Gasteiger partial charge in [0.2, 0.25) is 4.93 Å². The molecule has 0 aromatic heterocycles. The van der Waals surface area contributed by atoms with Crippen molar-refractivity contribution in [2.45, 2.75) is 29.9 Å². The molecule has 0 N–H and O–H groups in total. The molecule has 6 rings (SSSR count). The Hall–Kier alpha value is -3.49. The van der Waals surface area contributed by atoms with Crippen molar-refractivity contribution >= 4 is 22.9 Å². The molecule has 2 heteroatoms. The van der Waals surface area contributed by atoms with Crippen LogP contribution < -0.4 is 4.74 Å². The Morgan fingerprint density at radius 2 is 1.17 bits per heavy atom. The summed E-state index contributed by atoms with van der Waals surface area (Å²) in [5.41, 5.74) is 9.12. The van der Waals surface area contributed by atoms with Crippen LogP contribution in [0.3, 0.4) is 0 Å². The lowest BCUT2D eigenvalue weighted by molar-refractivity contribution is 0.217. The number of benzene rings is 4. The van der Waals surface area contributed by atoms with Gasteiger partial charge in [0.05, 0.1) is 0 Å². The molecular formula is C33H28OS. The average molecular weight is 473 g/mol. The van der Waals surface area contributed by atoms with Gasteiger partial charge in [0, 0.05) is 5.57 Å². The highest BCUT2D eigenvalue weighted by Gasteiger charge is 2.77. The second-order valence-electron chi connectivity index (χ2n) is 9.46. The van der Waals surface area contributed by atoms with Crippen molar-refractivity contribution in [3.63, 3.8) is 0 Å². The van der Waals surface area contributed by atoms with Gasteiger partial charge in [-0.05, 0) is 60.2 Å². The molecule has 1 aliphatic carbocycles. The normalized spacial score (nSPS) is 23.0. The standard InChI is InChI=1S/C33H28OS/c1-24(2)29-23-32(27-19-11-5-12-20-27)33(35-32,34-28-21-13-6-14-22-28)31(26-17-9-4-10-18-26)30(29)25-15-7-3-8-16-25/h3-22H,23H2,1-2H3. The first-order chi connectivity index (χ1) is 17.1. The molecule has 0 spiro atoms. The van der Waals surface area contributed by atoms with E-state index >= 15 is 0 Å². The number of rotatable bonds is 5. The first kappa shape index (κ1) is 22.0. The van der Waals surface area contributed by atoms with Crippen LogP contribution in [-0.2, 0) is 4.75 Å². The fraction of sp³-hybridized carbons (Fsp3) is 0.152. The lowest BCUT2D eigenvalue weighted by Crippen LogP contribution is -2.36. The van der Waals surface area contributed by atoms with E-state index in [0.717, 1.165) is 12.2 Å². The molecule has 2 unspecified atom stereocenters. The van der Waals surface area contributed by atoms with Crippen LogP contribution in [-0.4, -0.2) is 4.93 Å². The Kier molecular flexibility index (Phi) is 5.42. The van der Waals surface area contributed by atoms with E-state index < -0.39 is 4.93 Å². The van der Waals surface area contributed by atoms with Crippen molar-refractivity contribution in [3.05, 3.63) is 149 Å².